The predicted molar refractivity (Wildman–Crippen MR) is 65.0 cm³/mol. The molecule has 1 aromatic heterocycles. The first-order valence-electron chi connectivity index (χ1n) is 5.71. The molecule has 0 fully saturated rings. The standard InChI is InChI=1S/C11H15ClF3N3/c1-3-5-18(7-11(13,14)15)10-6-8(12)16-9(4-2)17-10/h6H,3-5,7H2,1-2H3. The second kappa shape index (κ2) is 6.22. The summed E-state index contributed by atoms with van der Waals surface area (Å²) in [6.45, 7) is 2.88. The molecule has 0 aliphatic heterocycles. The van der Waals surface area contributed by atoms with Crippen LogP contribution < -0.4 is 4.90 Å². The van der Waals surface area contributed by atoms with Gasteiger partial charge in [0.2, 0.25) is 0 Å². The third-order valence-electron chi connectivity index (χ3n) is 2.23. The Bertz CT molecular complexity index is 396. The number of nitrogens with zero attached hydrogens (tertiary/aromatic N) is 3. The van der Waals surface area contributed by atoms with Crippen molar-refractivity contribution in [3.8, 4) is 0 Å². The summed E-state index contributed by atoms with van der Waals surface area (Å²) >= 11 is 5.79. The van der Waals surface area contributed by atoms with Crippen molar-refractivity contribution in [3.05, 3.63) is 17.0 Å². The first-order valence-corrected chi connectivity index (χ1v) is 6.08. The fraction of sp³-hybridized carbons (Fsp3) is 0.636. The molecule has 18 heavy (non-hydrogen) atoms. The first-order chi connectivity index (χ1) is 8.35. The highest BCUT2D eigenvalue weighted by atomic mass is 35.5. The highest BCUT2D eigenvalue weighted by molar-refractivity contribution is 6.29. The van der Waals surface area contributed by atoms with Crippen LogP contribution in [0.15, 0.2) is 6.07 Å². The second-order valence-electron chi connectivity index (χ2n) is 3.86. The van der Waals surface area contributed by atoms with E-state index >= 15 is 0 Å². The highest BCUT2D eigenvalue weighted by Crippen LogP contribution is 2.22. The van der Waals surface area contributed by atoms with E-state index < -0.39 is 12.7 Å². The van der Waals surface area contributed by atoms with Crippen molar-refractivity contribution in [2.75, 3.05) is 18.0 Å². The van der Waals surface area contributed by atoms with Gasteiger partial charge >= 0.3 is 6.18 Å². The zero-order valence-corrected chi connectivity index (χ0v) is 11.0. The number of rotatable bonds is 5. The molecule has 0 saturated carbocycles. The summed E-state index contributed by atoms with van der Waals surface area (Å²) < 4.78 is 37.4. The van der Waals surface area contributed by atoms with E-state index in [4.69, 9.17) is 11.6 Å². The van der Waals surface area contributed by atoms with Gasteiger partial charge in [-0.3, -0.25) is 0 Å². The van der Waals surface area contributed by atoms with Gasteiger partial charge in [0, 0.05) is 19.0 Å². The molecule has 0 aromatic carbocycles. The molecule has 102 valence electrons. The lowest BCUT2D eigenvalue weighted by atomic mass is 10.3. The van der Waals surface area contributed by atoms with Crippen molar-refractivity contribution < 1.29 is 13.2 Å². The number of hydrogen-bond donors (Lipinski definition) is 0. The summed E-state index contributed by atoms with van der Waals surface area (Å²) in [5.74, 6) is 0.673. The molecule has 0 radical (unpaired) electrons. The molecule has 7 heteroatoms. The maximum atomic E-state index is 12.5. The molecule has 0 unspecified atom stereocenters. The quantitative estimate of drug-likeness (QED) is 0.774. The van der Waals surface area contributed by atoms with Crippen molar-refractivity contribution in [1.82, 2.24) is 9.97 Å². The monoisotopic (exact) mass is 281 g/mol. The summed E-state index contributed by atoms with van der Waals surface area (Å²) in [6, 6.07) is 1.36. The topological polar surface area (TPSA) is 29.0 Å². The van der Waals surface area contributed by atoms with Crippen LogP contribution in [0.2, 0.25) is 5.15 Å². The van der Waals surface area contributed by atoms with Crippen molar-refractivity contribution in [3.63, 3.8) is 0 Å². The number of hydrogen-bond acceptors (Lipinski definition) is 3. The van der Waals surface area contributed by atoms with Gasteiger partial charge in [-0.05, 0) is 6.42 Å². The Morgan fingerprint density at radius 3 is 2.44 bits per heavy atom. The Morgan fingerprint density at radius 2 is 1.94 bits per heavy atom. The van der Waals surface area contributed by atoms with Crippen LogP contribution in [-0.2, 0) is 6.42 Å². The number of anilines is 1. The van der Waals surface area contributed by atoms with E-state index in [9.17, 15) is 13.2 Å². The van der Waals surface area contributed by atoms with E-state index in [1.807, 2.05) is 13.8 Å². The molecule has 3 nitrogen and oxygen atoms in total. The number of aryl methyl sites for hydroxylation is 1. The Morgan fingerprint density at radius 1 is 1.28 bits per heavy atom. The van der Waals surface area contributed by atoms with Gasteiger partial charge in [0.05, 0.1) is 0 Å². The summed E-state index contributed by atoms with van der Waals surface area (Å²) in [6.07, 6.45) is -3.14. The molecule has 0 atom stereocenters. The van der Waals surface area contributed by atoms with Gasteiger partial charge in [-0.1, -0.05) is 25.4 Å². The first kappa shape index (κ1) is 15.0. The number of alkyl halides is 3. The molecule has 1 rings (SSSR count). The minimum absolute atomic E-state index is 0.167. The Labute approximate surface area is 109 Å². The number of aromatic nitrogens is 2. The van der Waals surface area contributed by atoms with Gasteiger partial charge in [-0.25, -0.2) is 9.97 Å². The lowest BCUT2D eigenvalue weighted by molar-refractivity contribution is -0.119. The van der Waals surface area contributed by atoms with Crippen LogP contribution in [0.25, 0.3) is 0 Å². The Hall–Kier alpha value is -1.04. The van der Waals surface area contributed by atoms with E-state index in [1.54, 1.807) is 0 Å². The van der Waals surface area contributed by atoms with E-state index in [0.717, 1.165) is 0 Å². The lowest BCUT2D eigenvalue weighted by Crippen LogP contribution is -2.35. The van der Waals surface area contributed by atoms with Crippen molar-refractivity contribution >= 4 is 17.4 Å². The molecule has 0 aliphatic rings. The summed E-state index contributed by atoms with van der Waals surface area (Å²) in [5.41, 5.74) is 0. The van der Waals surface area contributed by atoms with Crippen molar-refractivity contribution in [2.24, 2.45) is 0 Å². The molecule has 0 bridgehead atoms. The molecule has 0 spiro atoms. The predicted octanol–water partition coefficient (Wildman–Crippen LogP) is 3.47. The lowest BCUT2D eigenvalue weighted by Gasteiger charge is -2.24. The average molecular weight is 282 g/mol. The Balaban J connectivity index is 3.01. The summed E-state index contributed by atoms with van der Waals surface area (Å²) in [5, 5.41) is 0.167. The summed E-state index contributed by atoms with van der Waals surface area (Å²) in [4.78, 5) is 9.20. The molecular formula is C11H15ClF3N3. The molecule has 0 saturated heterocycles. The highest BCUT2D eigenvalue weighted by Gasteiger charge is 2.31. The summed E-state index contributed by atoms with van der Waals surface area (Å²) in [7, 11) is 0. The van der Waals surface area contributed by atoms with Crippen LogP contribution in [0.5, 0.6) is 0 Å². The normalized spacial score (nSPS) is 11.7. The minimum atomic E-state index is -4.26. The largest absolute Gasteiger partial charge is 0.405 e. The van der Waals surface area contributed by atoms with E-state index in [2.05, 4.69) is 9.97 Å². The van der Waals surface area contributed by atoms with Gasteiger partial charge in [0.25, 0.3) is 0 Å². The van der Waals surface area contributed by atoms with E-state index in [1.165, 1.54) is 11.0 Å². The molecule has 1 aromatic rings. The minimum Gasteiger partial charge on any atom is -0.347 e. The van der Waals surface area contributed by atoms with Gasteiger partial charge < -0.3 is 4.90 Å². The fourth-order valence-electron chi connectivity index (χ4n) is 1.53. The van der Waals surface area contributed by atoms with Crippen LogP contribution in [-0.4, -0.2) is 29.2 Å². The van der Waals surface area contributed by atoms with Gasteiger partial charge in [0.1, 0.15) is 23.3 Å². The zero-order valence-electron chi connectivity index (χ0n) is 10.3. The molecular weight excluding hydrogens is 267 g/mol. The SMILES string of the molecule is CCCN(CC(F)(F)F)c1cc(Cl)nc(CC)n1. The fourth-order valence-corrected chi connectivity index (χ4v) is 1.73. The molecule has 1 heterocycles. The van der Waals surface area contributed by atoms with Gasteiger partial charge in [-0.2, -0.15) is 13.2 Å². The molecule has 0 aliphatic carbocycles. The molecule has 0 N–H and O–H groups in total. The molecule has 0 amide bonds. The van der Waals surface area contributed by atoms with Crippen LogP contribution in [0.3, 0.4) is 0 Å². The second-order valence-corrected chi connectivity index (χ2v) is 4.24. The smallest absolute Gasteiger partial charge is 0.347 e. The van der Waals surface area contributed by atoms with Gasteiger partial charge in [0.15, 0.2) is 0 Å². The maximum Gasteiger partial charge on any atom is 0.405 e. The maximum absolute atomic E-state index is 12.5. The van der Waals surface area contributed by atoms with Crippen molar-refractivity contribution in [1.29, 1.82) is 0 Å². The van der Waals surface area contributed by atoms with Gasteiger partial charge in [-0.15, -0.1) is 0 Å². The third-order valence-corrected chi connectivity index (χ3v) is 2.43. The average Bonchev–Trinajstić information content (AvgIpc) is 2.26. The van der Waals surface area contributed by atoms with E-state index in [-0.39, 0.29) is 17.5 Å². The number of halogens is 4. The van der Waals surface area contributed by atoms with E-state index in [0.29, 0.717) is 18.7 Å². The Kier molecular flexibility index (Phi) is 5.19. The van der Waals surface area contributed by atoms with Crippen LogP contribution in [0, 0.1) is 0 Å². The van der Waals surface area contributed by atoms with Crippen LogP contribution in [0.1, 0.15) is 26.1 Å². The third kappa shape index (κ3) is 4.68. The van der Waals surface area contributed by atoms with Crippen LogP contribution >= 0.6 is 11.6 Å². The zero-order chi connectivity index (χ0) is 13.8. The van der Waals surface area contributed by atoms with Crippen LogP contribution in [0.4, 0.5) is 19.0 Å². The van der Waals surface area contributed by atoms with Crippen molar-refractivity contribution in [2.45, 2.75) is 32.9 Å².